The number of hydrogen-bond acceptors (Lipinski definition) is 3. The van der Waals surface area contributed by atoms with E-state index in [2.05, 4.69) is 48.1 Å². The minimum absolute atomic E-state index is 0.0460. The van der Waals surface area contributed by atoms with E-state index in [-0.39, 0.29) is 11.6 Å². The molecule has 0 radical (unpaired) electrons. The summed E-state index contributed by atoms with van der Waals surface area (Å²) in [5, 5.41) is 3.64. The van der Waals surface area contributed by atoms with Gasteiger partial charge in [0.15, 0.2) is 0 Å². The molecular weight excluding hydrogens is 318 g/mol. The van der Waals surface area contributed by atoms with Gasteiger partial charge in [0, 0.05) is 28.7 Å². The zero-order chi connectivity index (χ0) is 14.6. The summed E-state index contributed by atoms with van der Waals surface area (Å²) in [5.41, 5.74) is 1.23. The summed E-state index contributed by atoms with van der Waals surface area (Å²) in [4.78, 5) is 0. The standard InChI is InChI=1S/C16H24BrNO2/c1-4-8-20-15-6-5-14(17)10-13(15)11-18-16(3)7-9-19-12(16)2/h5-6,10,12,18H,4,7-9,11H2,1-3H3. The number of ether oxygens (including phenoxy) is 2. The highest BCUT2D eigenvalue weighted by atomic mass is 79.9. The summed E-state index contributed by atoms with van der Waals surface area (Å²) in [7, 11) is 0. The van der Waals surface area contributed by atoms with Crippen LogP contribution in [0.1, 0.15) is 39.2 Å². The lowest BCUT2D eigenvalue weighted by atomic mass is 9.94. The van der Waals surface area contributed by atoms with Crippen molar-refractivity contribution < 1.29 is 9.47 Å². The van der Waals surface area contributed by atoms with Crippen molar-refractivity contribution in [2.24, 2.45) is 0 Å². The lowest BCUT2D eigenvalue weighted by molar-refractivity contribution is 0.0880. The van der Waals surface area contributed by atoms with Gasteiger partial charge in [0.2, 0.25) is 0 Å². The van der Waals surface area contributed by atoms with Gasteiger partial charge in [-0.3, -0.25) is 0 Å². The fraction of sp³-hybridized carbons (Fsp3) is 0.625. The number of benzene rings is 1. The molecule has 1 aromatic rings. The summed E-state index contributed by atoms with van der Waals surface area (Å²) in [5.74, 6) is 0.970. The first-order chi connectivity index (χ1) is 9.55. The molecule has 0 bridgehead atoms. The molecule has 0 aromatic heterocycles. The summed E-state index contributed by atoms with van der Waals surface area (Å²) in [6.07, 6.45) is 2.31. The van der Waals surface area contributed by atoms with Crippen LogP contribution in [0, 0.1) is 0 Å². The Morgan fingerprint density at radius 1 is 1.50 bits per heavy atom. The minimum Gasteiger partial charge on any atom is -0.493 e. The third-order valence-electron chi connectivity index (χ3n) is 4.05. The molecule has 1 aliphatic heterocycles. The average Bonchev–Trinajstić information content (AvgIpc) is 2.76. The van der Waals surface area contributed by atoms with Crippen molar-refractivity contribution >= 4 is 15.9 Å². The molecule has 0 aliphatic carbocycles. The second-order valence-corrected chi connectivity index (χ2v) is 6.55. The molecule has 0 spiro atoms. The Labute approximate surface area is 130 Å². The van der Waals surface area contributed by atoms with Crippen LogP contribution in [0.4, 0.5) is 0 Å². The van der Waals surface area contributed by atoms with Gasteiger partial charge in [0.25, 0.3) is 0 Å². The van der Waals surface area contributed by atoms with E-state index in [0.717, 1.165) is 42.8 Å². The molecule has 4 heteroatoms. The molecular formula is C16H24BrNO2. The maximum Gasteiger partial charge on any atom is 0.123 e. The fourth-order valence-corrected chi connectivity index (χ4v) is 2.81. The molecule has 1 heterocycles. The minimum atomic E-state index is 0.0460. The van der Waals surface area contributed by atoms with E-state index in [4.69, 9.17) is 9.47 Å². The maximum atomic E-state index is 5.82. The SMILES string of the molecule is CCCOc1ccc(Br)cc1CNC1(C)CCOC1C. The van der Waals surface area contributed by atoms with Crippen LogP contribution in [0.5, 0.6) is 5.75 Å². The Morgan fingerprint density at radius 2 is 2.30 bits per heavy atom. The molecule has 2 unspecified atom stereocenters. The summed E-state index contributed by atoms with van der Waals surface area (Å²) >= 11 is 3.54. The van der Waals surface area contributed by atoms with Crippen LogP contribution in [0.15, 0.2) is 22.7 Å². The molecule has 0 amide bonds. The molecule has 3 nitrogen and oxygen atoms in total. The van der Waals surface area contributed by atoms with Crippen LogP contribution in [0.2, 0.25) is 0 Å². The fourth-order valence-electron chi connectivity index (χ4n) is 2.40. The Hall–Kier alpha value is -0.580. The molecule has 1 aromatic carbocycles. The highest BCUT2D eigenvalue weighted by Crippen LogP contribution is 2.28. The molecule has 1 saturated heterocycles. The van der Waals surface area contributed by atoms with E-state index in [1.165, 1.54) is 5.56 Å². The molecule has 20 heavy (non-hydrogen) atoms. The third kappa shape index (κ3) is 3.74. The molecule has 0 saturated carbocycles. The van der Waals surface area contributed by atoms with Crippen LogP contribution in [0.25, 0.3) is 0 Å². The van der Waals surface area contributed by atoms with Gasteiger partial charge in [-0.1, -0.05) is 22.9 Å². The maximum absolute atomic E-state index is 5.82. The first-order valence-electron chi connectivity index (χ1n) is 7.33. The predicted octanol–water partition coefficient (Wildman–Crippen LogP) is 3.90. The lowest BCUT2D eigenvalue weighted by Crippen LogP contribution is -2.47. The van der Waals surface area contributed by atoms with Crippen molar-refractivity contribution in [3.63, 3.8) is 0 Å². The monoisotopic (exact) mass is 341 g/mol. The Bertz CT molecular complexity index is 452. The number of rotatable bonds is 6. The van der Waals surface area contributed by atoms with Gasteiger partial charge in [0.1, 0.15) is 5.75 Å². The number of halogens is 1. The van der Waals surface area contributed by atoms with Crippen molar-refractivity contribution in [3.05, 3.63) is 28.2 Å². The van der Waals surface area contributed by atoms with Crippen molar-refractivity contribution in [2.75, 3.05) is 13.2 Å². The summed E-state index contributed by atoms with van der Waals surface area (Å²) in [6.45, 7) is 8.87. The molecule has 112 valence electrons. The number of hydrogen-bond donors (Lipinski definition) is 1. The van der Waals surface area contributed by atoms with Crippen LogP contribution in [0.3, 0.4) is 0 Å². The van der Waals surface area contributed by atoms with E-state index in [9.17, 15) is 0 Å². The van der Waals surface area contributed by atoms with Gasteiger partial charge >= 0.3 is 0 Å². The van der Waals surface area contributed by atoms with Crippen LogP contribution in [-0.2, 0) is 11.3 Å². The Balaban J connectivity index is 2.06. The molecule has 1 fully saturated rings. The molecule has 1 N–H and O–H groups in total. The Morgan fingerprint density at radius 3 is 2.95 bits per heavy atom. The van der Waals surface area contributed by atoms with Crippen molar-refractivity contribution in [3.8, 4) is 5.75 Å². The highest BCUT2D eigenvalue weighted by Gasteiger charge is 2.36. The van der Waals surface area contributed by atoms with Crippen molar-refractivity contribution in [1.82, 2.24) is 5.32 Å². The van der Waals surface area contributed by atoms with Crippen LogP contribution in [-0.4, -0.2) is 24.9 Å². The van der Waals surface area contributed by atoms with E-state index < -0.39 is 0 Å². The van der Waals surface area contributed by atoms with E-state index >= 15 is 0 Å². The highest BCUT2D eigenvalue weighted by molar-refractivity contribution is 9.10. The molecule has 1 aliphatic rings. The van der Waals surface area contributed by atoms with Crippen molar-refractivity contribution in [2.45, 2.75) is 51.8 Å². The Kier molecular flexibility index (Phi) is 5.47. The predicted molar refractivity (Wildman–Crippen MR) is 85.2 cm³/mol. The molecule has 2 atom stereocenters. The quantitative estimate of drug-likeness (QED) is 0.851. The van der Waals surface area contributed by atoms with Gasteiger partial charge in [-0.05, 0) is 44.9 Å². The van der Waals surface area contributed by atoms with Gasteiger partial charge in [-0.25, -0.2) is 0 Å². The smallest absolute Gasteiger partial charge is 0.123 e. The van der Waals surface area contributed by atoms with Gasteiger partial charge in [0.05, 0.1) is 12.7 Å². The van der Waals surface area contributed by atoms with Crippen LogP contribution < -0.4 is 10.1 Å². The van der Waals surface area contributed by atoms with E-state index in [1.54, 1.807) is 0 Å². The molecule has 2 rings (SSSR count). The largest absolute Gasteiger partial charge is 0.493 e. The average molecular weight is 342 g/mol. The zero-order valence-electron chi connectivity index (χ0n) is 12.5. The van der Waals surface area contributed by atoms with Crippen molar-refractivity contribution in [1.29, 1.82) is 0 Å². The second-order valence-electron chi connectivity index (χ2n) is 5.63. The zero-order valence-corrected chi connectivity index (χ0v) is 14.1. The first-order valence-corrected chi connectivity index (χ1v) is 8.12. The van der Waals surface area contributed by atoms with Gasteiger partial charge in [-0.2, -0.15) is 0 Å². The normalized spacial score (nSPS) is 25.9. The summed E-state index contributed by atoms with van der Waals surface area (Å²) < 4.78 is 12.6. The summed E-state index contributed by atoms with van der Waals surface area (Å²) in [6, 6.07) is 6.19. The van der Waals surface area contributed by atoms with E-state index in [0.29, 0.717) is 0 Å². The number of nitrogens with one attached hydrogen (secondary N) is 1. The van der Waals surface area contributed by atoms with Gasteiger partial charge < -0.3 is 14.8 Å². The van der Waals surface area contributed by atoms with E-state index in [1.807, 2.05) is 12.1 Å². The first kappa shape index (κ1) is 15.8. The topological polar surface area (TPSA) is 30.5 Å². The third-order valence-corrected chi connectivity index (χ3v) is 4.55. The van der Waals surface area contributed by atoms with Crippen LogP contribution >= 0.6 is 15.9 Å². The lowest BCUT2D eigenvalue weighted by Gasteiger charge is -2.29. The second kappa shape index (κ2) is 6.92. The van der Waals surface area contributed by atoms with Gasteiger partial charge in [-0.15, -0.1) is 0 Å².